The maximum absolute atomic E-state index is 12.6. The van der Waals surface area contributed by atoms with Crippen LogP contribution in [0.3, 0.4) is 0 Å². The van der Waals surface area contributed by atoms with E-state index in [0.29, 0.717) is 25.0 Å². The maximum atomic E-state index is 12.6. The van der Waals surface area contributed by atoms with E-state index < -0.39 is 10.0 Å². The van der Waals surface area contributed by atoms with Crippen molar-refractivity contribution in [1.82, 2.24) is 4.31 Å². The highest BCUT2D eigenvalue weighted by Gasteiger charge is 2.32. The van der Waals surface area contributed by atoms with Gasteiger partial charge in [-0.25, -0.2) is 8.42 Å². The second-order valence-electron chi connectivity index (χ2n) is 5.07. The molecule has 22 heavy (non-hydrogen) atoms. The molecule has 118 valence electrons. The number of rotatable bonds is 4. The molecular formula is C15H18N2O4S. The lowest BCUT2D eigenvalue weighted by molar-refractivity contribution is -0.149. The zero-order chi connectivity index (χ0) is 16.2. The molecule has 1 saturated heterocycles. The van der Waals surface area contributed by atoms with E-state index in [9.17, 15) is 13.2 Å². The monoisotopic (exact) mass is 322 g/mol. The number of benzene rings is 1. The highest BCUT2D eigenvalue weighted by atomic mass is 32.2. The summed E-state index contributed by atoms with van der Waals surface area (Å²) in [6.07, 6.45) is 0.909. The molecule has 0 spiro atoms. The molecule has 0 atom stereocenters. The summed E-state index contributed by atoms with van der Waals surface area (Å²) in [6.45, 7) is 2.64. The minimum absolute atomic E-state index is 0.112. The number of sulfonamides is 1. The fourth-order valence-corrected chi connectivity index (χ4v) is 3.98. The predicted octanol–water partition coefficient (Wildman–Crippen LogP) is 1.52. The smallest absolute Gasteiger partial charge is 0.309 e. The number of esters is 1. The molecule has 1 aromatic carbocycles. The average molecular weight is 322 g/mol. The van der Waals surface area contributed by atoms with Gasteiger partial charge in [0.15, 0.2) is 0 Å². The van der Waals surface area contributed by atoms with Gasteiger partial charge >= 0.3 is 5.97 Å². The molecule has 1 aliphatic rings. The molecule has 0 amide bonds. The summed E-state index contributed by atoms with van der Waals surface area (Å²) in [4.78, 5) is 11.8. The molecule has 2 rings (SSSR count). The highest BCUT2D eigenvalue weighted by molar-refractivity contribution is 7.89. The van der Waals surface area contributed by atoms with Gasteiger partial charge in [-0.3, -0.25) is 4.79 Å². The third kappa shape index (κ3) is 3.46. The molecular weight excluding hydrogens is 304 g/mol. The Morgan fingerprint density at radius 1 is 1.41 bits per heavy atom. The van der Waals surface area contributed by atoms with Crippen molar-refractivity contribution < 1.29 is 17.9 Å². The van der Waals surface area contributed by atoms with Crippen LogP contribution in [-0.2, 0) is 19.6 Å². The van der Waals surface area contributed by atoms with Gasteiger partial charge in [0.05, 0.1) is 29.1 Å². The van der Waals surface area contributed by atoms with Gasteiger partial charge in [-0.15, -0.1) is 0 Å². The van der Waals surface area contributed by atoms with Crippen LogP contribution in [0.2, 0.25) is 0 Å². The third-order valence-corrected chi connectivity index (χ3v) is 5.57. The number of ether oxygens (including phenoxy) is 1. The van der Waals surface area contributed by atoms with Crippen LogP contribution in [0.25, 0.3) is 0 Å². The lowest BCUT2D eigenvalue weighted by atomic mass is 9.98. The number of carbonyl (C=O) groups is 1. The van der Waals surface area contributed by atoms with E-state index in [-0.39, 0.29) is 29.9 Å². The van der Waals surface area contributed by atoms with Crippen molar-refractivity contribution in [3.8, 4) is 6.07 Å². The Bertz CT molecular complexity index is 686. The first kappa shape index (κ1) is 16.5. The van der Waals surface area contributed by atoms with Crippen LogP contribution in [0.4, 0.5) is 0 Å². The van der Waals surface area contributed by atoms with Gasteiger partial charge in [-0.2, -0.15) is 9.57 Å². The van der Waals surface area contributed by atoms with Crippen molar-refractivity contribution in [3.05, 3.63) is 29.8 Å². The summed E-state index contributed by atoms with van der Waals surface area (Å²) in [5.41, 5.74) is 0.308. The summed E-state index contributed by atoms with van der Waals surface area (Å²) in [7, 11) is -3.63. The van der Waals surface area contributed by atoms with Crippen molar-refractivity contribution in [2.24, 2.45) is 5.92 Å². The van der Waals surface area contributed by atoms with Crippen LogP contribution in [-0.4, -0.2) is 38.4 Å². The molecule has 0 N–H and O–H groups in total. The highest BCUT2D eigenvalue weighted by Crippen LogP contribution is 2.25. The fraction of sp³-hybridized carbons (Fsp3) is 0.467. The summed E-state index contributed by atoms with van der Waals surface area (Å²) < 4.78 is 31.5. The third-order valence-electron chi connectivity index (χ3n) is 3.67. The second-order valence-corrected chi connectivity index (χ2v) is 7.01. The van der Waals surface area contributed by atoms with E-state index in [1.165, 1.54) is 16.4 Å². The van der Waals surface area contributed by atoms with Crippen molar-refractivity contribution in [2.45, 2.75) is 24.7 Å². The average Bonchev–Trinajstić information content (AvgIpc) is 2.55. The molecule has 1 heterocycles. The lowest BCUT2D eigenvalue weighted by Gasteiger charge is -2.30. The van der Waals surface area contributed by atoms with Gasteiger partial charge in [-0.05, 0) is 38.0 Å². The van der Waals surface area contributed by atoms with Crippen molar-refractivity contribution in [1.29, 1.82) is 5.26 Å². The van der Waals surface area contributed by atoms with E-state index in [1.807, 2.05) is 6.07 Å². The molecule has 0 aromatic heterocycles. The lowest BCUT2D eigenvalue weighted by Crippen LogP contribution is -2.40. The van der Waals surface area contributed by atoms with Crippen LogP contribution in [0.15, 0.2) is 29.2 Å². The van der Waals surface area contributed by atoms with E-state index in [0.717, 1.165) is 0 Å². The van der Waals surface area contributed by atoms with E-state index in [2.05, 4.69) is 0 Å². The molecule has 6 nitrogen and oxygen atoms in total. The van der Waals surface area contributed by atoms with E-state index >= 15 is 0 Å². The van der Waals surface area contributed by atoms with Crippen molar-refractivity contribution in [3.63, 3.8) is 0 Å². The van der Waals surface area contributed by atoms with Crippen molar-refractivity contribution in [2.75, 3.05) is 19.7 Å². The summed E-state index contributed by atoms with van der Waals surface area (Å²) in [5.74, 6) is -0.497. The standard InChI is InChI=1S/C15H18N2O4S/c1-2-21-15(18)13-6-8-17(9-7-13)22(19,20)14-5-3-4-12(10-14)11-16/h3-5,10,13H,2,6-9H2,1H3. The summed E-state index contributed by atoms with van der Waals surface area (Å²) in [6, 6.07) is 7.90. The number of hydrogen-bond donors (Lipinski definition) is 0. The van der Waals surface area contributed by atoms with Gasteiger partial charge in [0.1, 0.15) is 0 Å². The van der Waals surface area contributed by atoms with E-state index in [4.69, 9.17) is 10.00 Å². The van der Waals surface area contributed by atoms with Gasteiger partial charge in [0.2, 0.25) is 10.0 Å². The first-order valence-electron chi connectivity index (χ1n) is 7.16. The molecule has 1 aliphatic heterocycles. The SMILES string of the molecule is CCOC(=O)C1CCN(S(=O)(=O)c2cccc(C#N)c2)CC1. The Hall–Kier alpha value is -1.91. The number of piperidine rings is 1. The summed E-state index contributed by atoms with van der Waals surface area (Å²) >= 11 is 0. The quantitative estimate of drug-likeness (QED) is 0.784. The minimum Gasteiger partial charge on any atom is -0.466 e. The van der Waals surface area contributed by atoms with Crippen LogP contribution in [0.5, 0.6) is 0 Å². The van der Waals surface area contributed by atoms with Crippen LogP contribution in [0.1, 0.15) is 25.3 Å². The molecule has 0 saturated carbocycles. The first-order chi connectivity index (χ1) is 10.5. The fourth-order valence-electron chi connectivity index (χ4n) is 2.47. The topological polar surface area (TPSA) is 87.5 Å². The zero-order valence-electron chi connectivity index (χ0n) is 12.4. The Morgan fingerprint density at radius 2 is 2.09 bits per heavy atom. The molecule has 0 radical (unpaired) electrons. The second kappa shape index (κ2) is 6.90. The molecule has 0 aliphatic carbocycles. The Balaban J connectivity index is 2.09. The predicted molar refractivity (Wildman–Crippen MR) is 79.3 cm³/mol. The van der Waals surface area contributed by atoms with Gasteiger partial charge < -0.3 is 4.74 Å². The normalized spacial score (nSPS) is 16.9. The number of carbonyl (C=O) groups excluding carboxylic acids is 1. The minimum atomic E-state index is -3.63. The number of hydrogen-bond acceptors (Lipinski definition) is 5. The van der Waals surface area contributed by atoms with Crippen LogP contribution >= 0.6 is 0 Å². The molecule has 0 bridgehead atoms. The number of nitrogens with zero attached hydrogens (tertiary/aromatic N) is 2. The Kier molecular flexibility index (Phi) is 5.16. The van der Waals surface area contributed by atoms with Gasteiger partial charge in [0, 0.05) is 13.1 Å². The van der Waals surface area contributed by atoms with E-state index in [1.54, 1.807) is 19.1 Å². The van der Waals surface area contributed by atoms with Crippen LogP contribution < -0.4 is 0 Å². The zero-order valence-corrected chi connectivity index (χ0v) is 13.2. The van der Waals surface area contributed by atoms with Gasteiger partial charge in [-0.1, -0.05) is 6.07 Å². The number of nitriles is 1. The molecule has 1 aromatic rings. The molecule has 1 fully saturated rings. The van der Waals surface area contributed by atoms with Crippen LogP contribution in [0, 0.1) is 17.2 Å². The Morgan fingerprint density at radius 3 is 2.68 bits per heavy atom. The van der Waals surface area contributed by atoms with Crippen molar-refractivity contribution >= 4 is 16.0 Å². The van der Waals surface area contributed by atoms with Gasteiger partial charge in [0.25, 0.3) is 0 Å². The summed E-state index contributed by atoms with van der Waals surface area (Å²) in [5, 5.41) is 8.87. The largest absolute Gasteiger partial charge is 0.466 e. The molecule has 0 unspecified atom stereocenters. The first-order valence-corrected chi connectivity index (χ1v) is 8.60. The Labute approximate surface area is 130 Å². The molecule has 7 heteroatoms. The maximum Gasteiger partial charge on any atom is 0.309 e.